The van der Waals surface area contributed by atoms with Gasteiger partial charge in [0.1, 0.15) is 5.75 Å². The standard InChI is InChI=1S/C41H50N4O7/c1-45(26-37(48)31-9-8-10-33(47)23-31)25-34-24-38(29-17-15-28(27-46)16-18-29)52-41(51-34)30-19-21-32(22-20-30)43-39(49)13-4-2-3-5-14-40(50)44-36-12-7-6-11-35(36)42/h6-12,15-23,34,37-38,41,46-48H,2-5,13-14,24-27,42H2,1H3,(H,43,49)(H,44,50). The van der Waals surface area contributed by atoms with E-state index < -0.39 is 12.4 Å². The summed E-state index contributed by atoms with van der Waals surface area (Å²) in [7, 11) is 1.92. The van der Waals surface area contributed by atoms with E-state index in [1.165, 1.54) is 0 Å². The maximum absolute atomic E-state index is 12.7. The Balaban J connectivity index is 1.10. The van der Waals surface area contributed by atoms with E-state index in [2.05, 4.69) is 10.6 Å². The Kier molecular flexibility index (Phi) is 14.2. The van der Waals surface area contributed by atoms with Crippen LogP contribution in [0, 0.1) is 0 Å². The van der Waals surface area contributed by atoms with E-state index in [4.69, 9.17) is 15.2 Å². The maximum Gasteiger partial charge on any atom is 0.224 e. The monoisotopic (exact) mass is 710 g/mol. The molecule has 4 unspecified atom stereocenters. The first-order chi connectivity index (χ1) is 25.2. The Morgan fingerprint density at radius 2 is 1.52 bits per heavy atom. The molecule has 0 aromatic heterocycles. The first-order valence-electron chi connectivity index (χ1n) is 17.9. The number of carbonyl (C=O) groups is 2. The average Bonchev–Trinajstić information content (AvgIpc) is 3.14. The SMILES string of the molecule is CN(CC1CC(c2ccc(CO)cc2)OC(c2ccc(NC(=O)CCCCCCC(=O)Nc3ccccc3N)cc2)O1)CC(O)c1cccc(O)c1. The highest BCUT2D eigenvalue weighted by Crippen LogP contribution is 2.38. The topological polar surface area (TPSA) is 167 Å². The molecular weight excluding hydrogens is 660 g/mol. The third-order valence-electron chi connectivity index (χ3n) is 9.13. The number of unbranched alkanes of at least 4 members (excludes halogenated alkanes) is 3. The molecule has 4 atom stereocenters. The van der Waals surface area contributed by atoms with Gasteiger partial charge in [0.25, 0.3) is 0 Å². The van der Waals surface area contributed by atoms with Gasteiger partial charge in [0.2, 0.25) is 11.8 Å². The van der Waals surface area contributed by atoms with E-state index in [1.807, 2.05) is 72.6 Å². The molecule has 276 valence electrons. The summed E-state index contributed by atoms with van der Waals surface area (Å²) < 4.78 is 12.9. The van der Waals surface area contributed by atoms with E-state index in [-0.39, 0.29) is 36.4 Å². The van der Waals surface area contributed by atoms with Crippen molar-refractivity contribution in [3.8, 4) is 5.75 Å². The van der Waals surface area contributed by atoms with E-state index in [0.717, 1.165) is 42.4 Å². The predicted octanol–water partition coefficient (Wildman–Crippen LogP) is 6.60. The van der Waals surface area contributed by atoms with Crippen molar-refractivity contribution in [3.63, 3.8) is 0 Å². The molecule has 0 saturated carbocycles. The number of nitrogens with one attached hydrogen (secondary N) is 2. The molecule has 1 aliphatic rings. The second kappa shape index (κ2) is 19.2. The zero-order valence-electron chi connectivity index (χ0n) is 29.6. The van der Waals surface area contributed by atoms with Gasteiger partial charge in [-0.2, -0.15) is 0 Å². The Morgan fingerprint density at radius 1 is 0.846 bits per heavy atom. The van der Waals surface area contributed by atoms with Gasteiger partial charge in [-0.25, -0.2) is 0 Å². The molecule has 0 aliphatic carbocycles. The highest BCUT2D eigenvalue weighted by atomic mass is 16.7. The van der Waals surface area contributed by atoms with E-state index in [1.54, 1.807) is 36.4 Å². The van der Waals surface area contributed by atoms with Crippen molar-refractivity contribution in [2.24, 2.45) is 0 Å². The van der Waals surface area contributed by atoms with Gasteiger partial charge in [0.05, 0.1) is 36.3 Å². The molecule has 1 aliphatic heterocycles. The summed E-state index contributed by atoms with van der Waals surface area (Å²) in [6.07, 6.45) is 2.60. The number of benzene rings is 4. The zero-order chi connectivity index (χ0) is 36.9. The minimum Gasteiger partial charge on any atom is -0.508 e. The summed E-state index contributed by atoms with van der Waals surface area (Å²) in [6, 6.07) is 28.9. The fourth-order valence-electron chi connectivity index (χ4n) is 6.28. The van der Waals surface area contributed by atoms with Crippen LogP contribution in [0.4, 0.5) is 17.1 Å². The third kappa shape index (κ3) is 11.6. The molecular formula is C41H50N4O7. The van der Waals surface area contributed by atoms with Gasteiger partial charge in [0.15, 0.2) is 6.29 Å². The number of aliphatic hydroxyl groups is 2. The summed E-state index contributed by atoms with van der Waals surface area (Å²) in [5, 5.41) is 36.0. The molecule has 11 heteroatoms. The smallest absolute Gasteiger partial charge is 0.224 e. The lowest BCUT2D eigenvalue weighted by molar-refractivity contribution is -0.252. The fourth-order valence-corrected chi connectivity index (χ4v) is 6.28. The van der Waals surface area contributed by atoms with Crippen molar-refractivity contribution >= 4 is 28.9 Å². The first-order valence-corrected chi connectivity index (χ1v) is 17.9. The number of phenols is 1. The van der Waals surface area contributed by atoms with Crippen molar-refractivity contribution in [2.45, 2.75) is 76.2 Å². The van der Waals surface area contributed by atoms with Crippen molar-refractivity contribution < 1.29 is 34.4 Å². The molecule has 0 radical (unpaired) electrons. The number of likely N-dealkylation sites (N-methyl/N-ethyl adjacent to an activating group) is 1. The number of anilines is 3. The van der Waals surface area contributed by atoms with Crippen molar-refractivity contribution in [3.05, 3.63) is 119 Å². The zero-order valence-corrected chi connectivity index (χ0v) is 29.6. The van der Waals surface area contributed by atoms with Crippen LogP contribution in [0.2, 0.25) is 0 Å². The number of phenolic OH excluding ortho intramolecular Hbond substituents is 1. The van der Waals surface area contributed by atoms with Crippen LogP contribution in [0.15, 0.2) is 97.1 Å². The van der Waals surface area contributed by atoms with Crippen LogP contribution in [-0.4, -0.2) is 58.3 Å². The summed E-state index contributed by atoms with van der Waals surface area (Å²) in [6.45, 7) is 0.841. The number of nitrogens with two attached hydrogens (primary N) is 1. The van der Waals surface area contributed by atoms with E-state index in [9.17, 15) is 24.9 Å². The average molecular weight is 711 g/mol. The predicted molar refractivity (Wildman–Crippen MR) is 201 cm³/mol. The fraction of sp³-hybridized carbons (Fsp3) is 0.366. The molecule has 4 aromatic carbocycles. The second-order valence-electron chi connectivity index (χ2n) is 13.4. The number of para-hydroxylation sites is 2. The molecule has 1 fully saturated rings. The van der Waals surface area contributed by atoms with Gasteiger partial charge in [0, 0.05) is 43.6 Å². The minimum absolute atomic E-state index is 0.0401. The molecule has 7 N–H and O–H groups in total. The van der Waals surface area contributed by atoms with Crippen molar-refractivity contribution in [1.29, 1.82) is 0 Å². The summed E-state index contributed by atoms with van der Waals surface area (Å²) >= 11 is 0. The largest absolute Gasteiger partial charge is 0.508 e. The summed E-state index contributed by atoms with van der Waals surface area (Å²) in [5.41, 5.74) is 11.0. The Labute approximate surface area is 305 Å². The van der Waals surface area contributed by atoms with Gasteiger partial charge in [-0.05, 0) is 73.0 Å². The molecule has 0 spiro atoms. The van der Waals surface area contributed by atoms with Gasteiger partial charge >= 0.3 is 0 Å². The van der Waals surface area contributed by atoms with Crippen LogP contribution >= 0.6 is 0 Å². The van der Waals surface area contributed by atoms with E-state index in [0.29, 0.717) is 55.0 Å². The van der Waals surface area contributed by atoms with Crippen LogP contribution in [0.1, 0.15) is 85.7 Å². The number of aliphatic hydroxyl groups excluding tert-OH is 2. The van der Waals surface area contributed by atoms with Gasteiger partial charge < -0.3 is 46.1 Å². The Hall–Kier alpha value is -4.78. The number of rotatable bonds is 17. The molecule has 4 aromatic rings. The Morgan fingerprint density at radius 3 is 2.19 bits per heavy atom. The highest BCUT2D eigenvalue weighted by Gasteiger charge is 2.33. The molecule has 5 rings (SSSR count). The maximum atomic E-state index is 12.7. The number of hydrogen-bond donors (Lipinski definition) is 6. The summed E-state index contributed by atoms with van der Waals surface area (Å²) in [4.78, 5) is 26.9. The van der Waals surface area contributed by atoms with Gasteiger partial charge in [-0.1, -0.05) is 73.5 Å². The van der Waals surface area contributed by atoms with Crippen LogP contribution in [0.25, 0.3) is 0 Å². The first kappa shape index (κ1) is 38.5. The van der Waals surface area contributed by atoms with Crippen molar-refractivity contribution in [1.82, 2.24) is 4.90 Å². The third-order valence-corrected chi connectivity index (χ3v) is 9.13. The lowest BCUT2D eigenvalue weighted by Crippen LogP contribution is -2.39. The number of hydrogen-bond acceptors (Lipinski definition) is 9. The van der Waals surface area contributed by atoms with Crippen LogP contribution in [0.5, 0.6) is 5.75 Å². The number of ether oxygens (including phenoxy) is 2. The normalized spacial score (nSPS) is 17.8. The Bertz CT molecular complexity index is 1730. The van der Waals surface area contributed by atoms with Crippen LogP contribution < -0.4 is 16.4 Å². The van der Waals surface area contributed by atoms with Gasteiger partial charge in [-0.3, -0.25) is 9.59 Å². The van der Waals surface area contributed by atoms with E-state index >= 15 is 0 Å². The number of amides is 2. The number of carbonyl (C=O) groups excluding carboxylic acids is 2. The summed E-state index contributed by atoms with van der Waals surface area (Å²) in [5.74, 6) is -0.0337. The van der Waals surface area contributed by atoms with Crippen LogP contribution in [0.3, 0.4) is 0 Å². The molecule has 52 heavy (non-hydrogen) atoms. The molecule has 1 saturated heterocycles. The number of aromatic hydroxyl groups is 1. The molecule has 2 amide bonds. The molecule has 11 nitrogen and oxygen atoms in total. The number of nitrogen functional groups attached to an aromatic ring is 1. The molecule has 1 heterocycles. The van der Waals surface area contributed by atoms with Crippen LogP contribution in [-0.2, 0) is 25.7 Å². The highest BCUT2D eigenvalue weighted by molar-refractivity contribution is 5.93. The minimum atomic E-state index is -0.781. The molecule has 0 bridgehead atoms. The van der Waals surface area contributed by atoms with Crippen molar-refractivity contribution in [2.75, 3.05) is 36.5 Å². The number of nitrogens with zero attached hydrogens (tertiary/aromatic N) is 1. The lowest BCUT2D eigenvalue weighted by Gasteiger charge is -2.38. The quantitative estimate of drug-likeness (QED) is 0.0523. The van der Waals surface area contributed by atoms with Gasteiger partial charge in [-0.15, -0.1) is 0 Å². The lowest BCUT2D eigenvalue weighted by atomic mass is 9.99. The second-order valence-corrected chi connectivity index (χ2v) is 13.4.